The summed E-state index contributed by atoms with van der Waals surface area (Å²) in [7, 11) is 0. The SMILES string of the molecule is N#CN1[C@H]2CC[C@@H]1[C@H](NC(=O)c1ccc(-c3cccc(C4CC4)n3)cc1Cl)C2. The van der Waals surface area contributed by atoms with Crippen LogP contribution in [0.25, 0.3) is 11.3 Å². The number of carbonyl (C=O) groups is 1. The Bertz CT molecular complexity index is 981. The number of fused-ring (bicyclic) bond motifs is 2. The Morgan fingerprint density at radius 2 is 2.07 bits per heavy atom. The molecule has 5 nitrogen and oxygen atoms in total. The molecule has 3 aliphatic rings. The summed E-state index contributed by atoms with van der Waals surface area (Å²) in [6.45, 7) is 0. The fraction of sp³-hybridized carbons (Fsp3) is 0.409. The maximum Gasteiger partial charge on any atom is 0.253 e. The summed E-state index contributed by atoms with van der Waals surface area (Å²) >= 11 is 6.46. The normalized spacial score (nSPS) is 25.6. The number of carbonyl (C=O) groups excluding carboxylic acids is 1. The van der Waals surface area contributed by atoms with Gasteiger partial charge in [-0.05, 0) is 56.4 Å². The molecule has 1 amide bonds. The molecule has 1 aromatic heterocycles. The van der Waals surface area contributed by atoms with Crippen molar-refractivity contribution in [3.8, 4) is 17.5 Å². The second-order valence-corrected chi connectivity index (χ2v) is 8.45. The van der Waals surface area contributed by atoms with Gasteiger partial charge in [0.2, 0.25) is 0 Å². The molecule has 0 spiro atoms. The predicted octanol–water partition coefficient (Wildman–Crippen LogP) is 4.10. The molecule has 28 heavy (non-hydrogen) atoms. The Morgan fingerprint density at radius 3 is 2.79 bits per heavy atom. The summed E-state index contributed by atoms with van der Waals surface area (Å²) in [5, 5.41) is 12.8. The summed E-state index contributed by atoms with van der Waals surface area (Å²) in [4.78, 5) is 19.4. The van der Waals surface area contributed by atoms with E-state index in [1.807, 2.05) is 29.2 Å². The smallest absolute Gasteiger partial charge is 0.253 e. The highest BCUT2D eigenvalue weighted by atomic mass is 35.5. The Labute approximate surface area is 169 Å². The van der Waals surface area contributed by atoms with E-state index >= 15 is 0 Å². The number of hydrogen-bond acceptors (Lipinski definition) is 4. The molecule has 3 fully saturated rings. The summed E-state index contributed by atoms with van der Waals surface area (Å²) in [5.41, 5.74) is 3.40. The molecule has 2 aliphatic heterocycles. The van der Waals surface area contributed by atoms with Crippen LogP contribution in [-0.2, 0) is 0 Å². The first-order valence-corrected chi connectivity index (χ1v) is 10.3. The number of hydrogen-bond donors (Lipinski definition) is 1. The van der Waals surface area contributed by atoms with Gasteiger partial charge >= 0.3 is 0 Å². The van der Waals surface area contributed by atoms with E-state index in [1.165, 1.54) is 12.8 Å². The number of amides is 1. The number of pyridine rings is 1. The average molecular weight is 393 g/mol. The van der Waals surface area contributed by atoms with Crippen molar-refractivity contribution in [2.75, 3.05) is 0 Å². The van der Waals surface area contributed by atoms with Crippen molar-refractivity contribution >= 4 is 17.5 Å². The summed E-state index contributed by atoms with van der Waals surface area (Å²) in [5.74, 6) is 0.418. The van der Waals surface area contributed by atoms with Crippen LogP contribution in [0.3, 0.4) is 0 Å². The first-order chi connectivity index (χ1) is 13.6. The molecule has 1 aromatic carbocycles. The van der Waals surface area contributed by atoms with Crippen LogP contribution in [0.4, 0.5) is 0 Å². The van der Waals surface area contributed by atoms with Gasteiger partial charge in [-0.2, -0.15) is 5.26 Å². The molecule has 3 atom stereocenters. The second-order valence-electron chi connectivity index (χ2n) is 8.04. The summed E-state index contributed by atoms with van der Waals surface area (Å²) < 4.78 is 0. The lowest BCUT2D eigenvalue weighted by atomic mass is 9.95. The molecule has 5 rings (SSSR count). The van der Waals surface area contributed by atoms with Gasteiger partial charge in [0, 0.05) is 23.2 Å². The molecule has 2 bridgehead atoms. The molecule has 6 heteroatoms. The zero-order valence-corrected chi connectivity index (χ0v) is 16.2. The zero-order chi connectivity index (χ0) is 19.3. The van der Waals surface area contributed by atoms with Gasteiger partial charge in [-0.1, -0.05) is 23.7 Å². The number of nitriles is 1. The largest absolute Gasteiger partial charge is 0.347 e. The van der Waals surface area contributed by atoms with E-state index in [2.05, 4.69) is 17.6 Å². The molecule has 0 unspecified atom stereocenters. The van der Waals surface area contributed by atoms with Gasteiger partial charge in [0.25, 0.3) is 5.91 Å². The van der Waals surface area contributed by atoms with Crippen LogP contribution in [0.1, 0.15) is 54.1 Å². The lowest BCUT2D eigenvalue weighted by Crippen LogP contribution is -2.43. The van der Waals surface area contributed by atoms with Crippen LogP contribution in [0.2, 0.25) is 5.02 Å². The van der Waals surface area contributed by atoms with E-state index < -0.39 is 0 Å². The highest BCUT2D eigenvalue weighted by molar-refractivity contribution is 6.34. The third kappa shape index (κ3) is 3.02. The fourth-order valence-corrected chi connectivity index (χ4v) is 4.89. The third-order valence-electron chi connectivity index (χ3n) is 6.24. The van der Waals surface area contributed by atoms with Gasteiger partial charge < -0.3 is 10.2 Å². The quantitative estimate of drug-likeness (QED) is 0.795. The van der Waals surface area contributed by atoms with Gasteiger partial charge in [-0.3, -0.25) is 9.78 Å². The van der Waals surface area contributed by atoms with E-state index in [4.69, 9.17) is 16.6 Å². The lowest BCUT2D eigenvalue weighted by molar-refractivity contribution is 0.0928. The topological polar surface area (TPSA) is 69.0 Å². The van der Waals surface area contributed by atoms with E-state index in [9.17, 15) is 10.1 Å². The minimum absolute atomic E-state index is 0.0125. The van der Waals surface area contributed by atoms with Crippen LogP contribution < -0.4 is 5.32 Å². The van der Waals surface area contributed by atoms with Gasteiger partial charge in [-0.25, -0.2) is 0 Å². The molecule has 2 aromatic rings. The molecule has 1 aliphatic carbocycles. The number of rotatable bonds is 4. The number of nitrogens with zero attached hydrogens (tertiary/aromatic N) is 3. The molecule has 1 saturated carbocycles. The summed E-state index contributed by atoms with van der Waals surface area (Å²) in [6, 6.07) is 12.0. The van der Waals surface area contributed by atoms with Crippen LogP contribution in [0.15, 0.2) is 36.4 Å². The second kappa shape index (κ2) is 6.79. The van der Waals surface area contributed by atoms with Gasteiger partial charge in [0.15, 0.2) is 6.19 Å². The van der Waals surface area contributed by atoms with Crippen LogP contribution in [-0.4, -0.2) is 33.9 Å². The van der Waals surface area contributed by atoms with Crippen LogP contribution >= 0.6 is 11.6 Å². The van der Waals surface area contributed by atoms with E-state index in [0.29, 0.717) is 16.5 Å². The maximum atomic E-state index is 12.8. The van der Waals surface area contributed by atoms with Gasteiger partial charge in [-0.15, -0.1) is 0 Å². The number of benzene rings is 1. The van der Waals surface area contributed by atoms with Crippen molar-refractivity contribution in [3.05, 3.63) is 52.7 Å². The monoisotopic (exact) mass is 392 g/mol. The van der Waals surface area contributed by atoms with Gasteiger partial charge in [0.05, 0.1) is 28.4 Å². The Kier molecular flexibility index (Phi) is 4.25. The van der Waals surface area contributed by atoms with E-state index in [-0.39, 0.29) is 24.0 Å². The number of aromatic nitrogens is 1. The highest BCUT2D eigenvalue weighted by Gasteiger charge is 2.46. The van der Waals surface area contributed by atoms with E-state index in [0.717, 1.165) is 36.2 Å². The zero-order valence-electron chi connectivity index (χ0n) is 15.4. The lowest BCUT2D eigenvalue weighted by Gasteiger charge is -2.22. The van der Waals surface area contributed by atoms with Crippen molar-refractivity contribution in [2.24, 2.45) is 0 Å². The highest BCUT2D eigenvalue weighted by Crippen LogP contribution is 2.40. The molecule has 142 valence electrons. The first kappa shape index (κ1) is 17.5. The van der Waals surface area contributed by atoms with Crippen molar-refractivity contribution in [1.29, 1.82) is 5.26 Å². The number of nitrogens with one attached hydrogen (secondary N) is 1. The van der Waals surface area contributed by atoms with Crippen molar-refractivity contribution < 1.29 is 4.79 Å². The van der Waals surface area contributed by atoms with Gasteiger partial charge in [0.1, 0.15) is 0 Å². The maximum absolute atomic E-state index is 12.8. The Balaban J connectivity index is 1.33. The minimum Gasteiger partial charge on any atom is -0.347 e. The molecule has 1 N–H and O–H groups in total. The average Bonchev–Trinajstić information content (AvgIpc) is 3.42. The Morgan fingerprint density at radius 1 is 1.21 bits per heavy atom. The Hall–Kier alpha value is -2.58. The predicted molar refractivity (Wildman–Crippen MR) is 107 cm³/mol. The third-order valence-corrected chi connectivity index (χ3v) is 6.56. The molecular weight excluding hydrogens is 372 g/mol. The van der Waals surface area contributed by atoms with Crippen molar-refractivity contribution in [1.82, 2.24) is 15.2 Å². The van der Waals surface area contributed by atoms with Crippen molar-refractivity contribution in [2.45, 2.75) is 56.1 Å². The van der Waals surface area contributed by atoms with Crippen LogP contribution in [0, 0.1) is 11.5 Å². The van der Waals surface area contributed by atoms with E-state index in [1.54, 1.807) is 6.07 Å². The standard InChI is InChI=1S/C22H21ClN4O/c23-17-10-14(19-3-1-2-18(25-19)13-4-5-13)6-8-16(17)22(28)26-20-11-15-7-9-21(20)27(15)12-24/h1-3,6,8,10,13,15,20-21H,4-5,7,9,11H2,(H,26,28)/t15-,20+,21+/m0/s1. The summed E-state index contributed by atoms with van der Waals surface area (Å²) in [6.07, 6.45) is 7.52. The fourth-order valence-electron chi connectivity index (χ4n) is 4.62. The first-order valence-electron chi connectivity index (χ1n) is 9.90. The number of halogens is 1. The molecular formula is C22H21ClN4O. The van der Waals surface area contributed by atoms with Crippen LogP contribution in [0.5, 0.6) is 0 Å². The molecule has 3 heterocycles. The van der Waals surface area contributed by atoms with Crippen molar-refractivity contribution in [3.63, 3.8) is 0 Å². The minimum atomic E-state index is -0.174. The molecule has 0 radical (unpaired) electrons. The molecule has 2 saturated heterocycles.